The first-order valence-electron chi connectivity index (χ1n) is 10.8. The number of hydrogen-bond acceptors (Lipinski definition) is 7. The summed E-state index contributed by atoms with van der Waals surface area (Å²) in [7, 11) is 2.88. The van der Waals surface area contributed by atoms with Crippen LogP contribution in [0.4, 0.5) is 5.69 Å². The quantitative estimate of drug-likeness (QED) is 0.371. The van der Waals surface area contributed by atoms with E-state index in [-0.39, 0.29) is 42.2 Å². The molecule has 0 aliphatic carbocycles. The summed E-state index contributed by atoms with van der Waals surface area (Å²) in [5.41, 5.74) is 0.604. The Hall–Kier alpha value is -3.82. The van der Waals surface area contributed by atoms with E-state index < -0.39 is 16.9 Å². The SMILES string of the molecule is COc1ccc(CN(C(=O)COc2ccc([N+](=O)[O-])c(OC)c2)C(C)C(=O)NCC(C)C)cc1. The lowest BCUT2D eigenvalue weighted by Gasteiger charge is -2.29. The molecule has 184 valence electrons. The normalized spacial score (nSPS) is 11.5. The molecule has 1 unspecified atom stereocenters. The molecule has 2 amide bonds. The zero-order chi connectivity index (χ0) is 25.3. The van der Waals surface area contributed by atoms with Gasteiger partial charge in [0.25, 0.3) is 5.91 Å². The standard InChI is InChI=1S/C24H31N3O7/c1-16(2)13-25-24(29)17(3)26(14-18-6-8-19(32-4)9-7-18)23(28)15-34-20-10-11-21(27(30)31)22(12-20)33-5/h6-12,16-17H,13-15H2,1-5H3,(H,25,29). The van der Waals surface area contributed by atoms with Crippen LogP contribution in [0, 0.1) is 16.0 Å². The van der Waals surface area contributed by atoms with Crippen molar-refractivity contribution in [2.75, 3.05) is 27.4 Å². The Kier molecular flexibility index (Phi) is 9.66. The summed E-state index contributed by atoms with van der Waals surface area (Å²) in [5.74, 6) is 0.513. The summed E-state index contributed by atoms with van der Waals surface area (Å²) in [6.07, 6.45) is 0. The lowest BCUT2D eigenvalue weighted by atomic mass is 10.1. The first kappa shape index (κ1) is 26.4. The Morgan fingerprint density at radius 2 is 1.68 bits per heavy atom. The Bertz CT molecular complexity index is 993. The van der Waals surface area contributed by atoms with Crippen LogP contribution >= 0.6 is 0 Å². The van der Waals surface area contributed by atoms with Crippen LogP contribution in [-0.2, 0) is 16.1 Å². The van der Waals surface area contributed by atoms with Crippen LogP contribution in [0.25, 0.3) is 0 Å². The second kappa shape index (κ2) is 12.4. The number of nitro benzene ring substituents is 1. The van der Waals surface area contributed by atoms with Crippen molar-refractivity contribution in [3.8, 4) is 17.2 Å². The number of carbonyl (C=O) groups excluding carboxylic acids is 2. The highest BCUT2D eigenvalue weighted by Crippen LogP contribution is 2.30. The summed E-state index contributed by atoms with van der Waals surface area (Å²) < 4.78 is 15.8. The molecule has 34 heavy (non-hydrogen) atoms. The van der Waals surface area contributed by atoms with Crippen LogP contribution in [0.3, 0.4) is 0 Å². The molecule has 0 radical (unpaired) electrons. The van der Waals surface area contributed by atoms with Crippen molar-refractivity contribution in [2.24, 2.45) is 5.92 Å². The Morgan fingerprint density at radius 3 is 2.24 bits per heavy atom. The molecule has 0 saturated heterocycles. The molecular formula is C24H31N3O7. The Morgan fingerprint density at radius 1 is 1.03 bits per heavy atom. The van der Waals surface area contributed by atoms with E-state index in [9.17, 15) is 19.7 Å². The van der Waals surface area contributed by atoms with Gasteiger partial charge in [0, 0.05) is 25.2 Å². The van der Waals surface area contributed by atoms with Gasteiger partial charge in [0.2, 0.25) is 11.7 Å². The number of methoxy groups -OCH3 is 2. The second-order valence-corrected chi connectivity index (χ2v) is 8.06. The molecule has 0 saturated carbocycles. The predicted molar refractivity (Wildman–Crippen MR) is 126 cm³/mol. The molecule has 0 spiro atoms. The maximum atomic E-state index is 13.1. The van der Waals surface area contributed by atoms with Gasteiger partial charge in [0.15, 0.2) is 6.61 Å². The van der Waals surface area contributed by atoms with Crippen molar-refractivity contribution < 1.29 is 28.7 Å². The number of nitrogens with zero attached hydrogens (tertiary/aromatic N) is 2. The summed E-state index contributed by atoms with van der Waals surface area (Å²) in [6.45, 7) is 5.94. The lowest BCUT2D eigenvalue weighted by Crippen LogP contribution is -2.49. The number of carbonyl (C=O) groups is 2. The van der Waals surface area contributed by atoms with E-state index in [0.29, 0.717) is 12.3 Å². The molecule has 0 bridgehead atoms. The number of hydrogen-bond donors (Lipinski definition) is 1. The fraction of sp³-hybridized carbons (Fsp3) is 0.417. The van der Waals surface area contributed by atoms with E-state index in [0.717, 1.165) is 5.56 Å². The zero-order valence-electron chi connectivity index (χ0n) is 20.1. The number of amides is 2. The highest BCUT2D eigenvalue weighted by atomic mass is 16.6. The van der Waals surface area contributed by atoms with Crippen molar-refractivity contribution in [1.29, 1.82) is 0 Å². The number of ether oxygens (including phenoxy) is 3. The molecule has 0 fully saturated rings. The first-order chi connectivity index (χ1) is 16.2. The van der Waals surface area contributed by atoms with Crippen molar-refractivity contribution in [3.05, 3.63) is 58.1 Å². The predicted octanol–water partition coefficient (Wildman–Crippen LogP) is 3.18. The third-order valence-electron chi connectivity index (χ3n) is 5.07. The average Bonchev–Trinajstić information content (AvgIpc) is 2.83. The number of nitro groups is 1. The average molecular weight is 474 g/mol. The van der Waals surface area contributed by atoms with Gasteiger partial charge in [-0.15, -0.1) is 0 Å². The molecule has 1 atom stereocenters. The molecule has 0 aliphatic rings. The molecular weight excluding hydrogens is 442 g/mol. The molecule has 1 N–H and O–H groups in total. The van der Waals surface area contributed by atoms with Crippen molar-refractivity contribution in [2.45, 2.75) is 33.4 Å². The van der Waals surface area contributed by atoms with E-state index in [1.165, 1.54) is 30.2 Å². The van der Waals surface area contributed by atoms with Gasteiger partial charge in [-0.1, -0.05) is 26.0 Å². The van der Waals surface area contributed by atoms with Gasteiger partial charge in [-0.25, -0.2) is 0 Å². The molecule has 10 nitrogen and oxygen atoms in total. The van der Waals surface area contributed by atoms with Crippen LogP contribution in [0.15, 0.2) is 42.5 Å². The van der Waals surface area contributed by atoms with Crippen molar-refractivity contribution >= 4 is 17.5 Å². The van der Waals surface area contributed by atoms with E-state index in [1.54, 1.807) is 26.2 Å². The van der Waals surface area contributed by atoms with Gasteiger partial charge in [-0.3, -0.25) is 19.7 Å². The number of nitrogens with one attached hydrogen (secondary N) is 1. The molecule has 2 aromatic carbocycles. The highest BCUT2D eigenvalue weighted by molar-refractivity contribution is 5.88. The smallest absolute Gasteiger partial charge is 0.311 e. The van der Waals surface area contributed by atoms with Gasteiger partial charge >= 0.3 is 5.69 Å². The number of benzene rings is 2. The molecule has 0 aliphatic heterocycles. The first-order valence-corrected chi connectivity index (χ1v) is 10.8. The minimum absolute atomic E-state index is 0.0199. The molecule has 0 heterocycles. The Labute approximate surface area is 198 Å². The van der Waals surface area contributed by atoms with Crippen LogP contribution in [0.1, 0.15) is 26.3 Å². The van der Waals surface area contributed by atoms with Gasteiger partial charge in [-0.2, -0.15) is 0 Å². The van der Waals surface area contributed by atoms with Crippen LogP contribution in [0.5, 0.6) is 17.2 Å². The maximum absolute atomic E-state index is 13.1. The van der Waals surface area contributed by atoms with Gasteiger partial charge in [0.1, 0.15) is 17.5 Å². The van der Waals surface area contributed by atoms with E-state index in [1.807, 2.05) is 26.0 Å². The molecule has 2 rings (SSSR count). The molecule has 2 aromatic rings. The topological polar surface area (TPSA) is 120 Å². The minimum Gasteiger partial charge on any atom is -0.497 e. The largest absolute Gasteiger partial charge is 0.497 e. The summed E-state index contributed by atoms with van der Waals surface area (Å²) in [4.78, 5) is 37.7. The molecule has 10 heteroatoms. The third kappa shape index (κ3) is 7.36. The Balaban J connectivity index is 2.18. The fourth-order valence-corrected chi connectivity index (χ4v) is 3.09. The monoisotopic (exact) mass is 473 g/mol. The van der Waals surface area contributed by atoms with Gasteiger partial charge in [0.05, 0.1) is 19.1 Å². The third-order valence-corrected chi connectivity index (χ3v) is 5.07. The van der Waals surface area contributed by atoms with Gasteiger partial charge in [-0.05, 0) is 36.6 Å². The van der Waals surface area contributed by atoms with E-state index in [2.05, 4.69) is 5.32 Å². The summed E-state index contributed by atoms with van der Waals surface area (Å²) in [6, 6.07) is 10.4. The fourth-order valence-electron chi connectivity index (χ4n) is 3.09. The second-order valence-electron chi connectivity index (χ2n) is 8.06. The van der Waals surface area contributed by atoms with Gasteiger partial charge < -0.3 is 24.4 Å². The van der Waals surface area contributed by atoms with Crippen LogP contribution in [0.2, 0.25) is 0 Å². The van der Waals surface area contributed by atoms with Crippen molar-refractivity contribution in [1.82, 2.24) is 10.2 Å². The maximum Gasteiger partial charge on any atom is 0.311 e. The minimum atomic E-state index is -0.747. The van der Waals surface area contributed by atoms with Crippen LogP contribution in [-0.4, -0.2) is 55.1 Å². The summed E-state index contributed by atoms with van der Waals surface area (Å²) >= 11 is 0. The highest BCUT2D eigenvalue weighted by Gasteiger charge is 2.27. The van der Waals surface area contributed by atoms with Crippen molar-refractivity contribution in [3.63, 3.8) is 0 Å². The van der Waals surface area contributed by atoms with E-state index >= 15 is 0 Å². The molecule has 0 aromatic heterocycles. The summed E-state index contributed by atoms with van der Waals surface area (Å²) in [5, 5.41) is 13.9. The zero-order valence-corrected chi connectivity index (χ0v) is 20.1. The lowest BCUT2D eigenvalue weighted by molar-refractivity contribution is -0.385. The van der Waals surface area contributed by atoms with E-state index in [4.69, 9.17) is 14.2 Å². The van der Waals surface area contributed by atoms with Crippen LogP contribution < -0.4 is 19.5 Å². The number of rotatable bonds is 12.